The fraction of sp³-hybridized carbons (Fsp3) is 0.263. The van der Waals surface area contributed by atoms with E-state index in [4.69, 9.17) is 16.3 Å². The van der Waals surface area contributed by atoms with Gasteiger partial charge in [0.2, 0.25) is 5.91 Å². The number of anilines is 1. The second-order valence-electron chi connectivity index (χ2n) is 5.97. The summed E-state index contributed by atoms with van der Waals surface area (Å²) in [6.07, 6.45) is 3.08. The van der Waals surface area contributed by atoms with E-state index in [1.807, 2.05) is 37.3 Å². The molecule has 28 heavy (non-hydrogen) atoms. The van der Waals surface area contributed by atoms with E-state index in [2.05, 4.69) is 15.5 Å². The van der Waals surface area contributed by atoms with E-state index < -0.39 is 5.97 Å². The summed E-state index contributed by atoms with van der Waals surface area (Å²) < 4.78 is 8.23. The van der Waals surface area contributed by atoms with E-state index in [1.54, 1.807) is 11.6 Å². The zero-order valence-corrected chi connectivity index (χ0v) is 16.3. The maximum absolute atomic E-state index is 12.5. The predicted octanol–water partition coefficient (Wildman–Crippen LogP) is 3.24. The molecule has 0 saturated carbocycles. The standard InChI is InChI=1S/C19H20ClN5O3/c1-3-28-19(27)15-11-22-25(14-7-5-4-6-8-14)18(15)23-17(26)9-10-24-13(2)16(20)12-21-24/h4-8,11-12H,3,9-10H2,1-2H3,(H,23,26). The van der Waals surface area contributed by atoms with Crippen LogP contribution in [0.1, 0.15) is 29.4 Å². The molecule has 0 radical (unpaired) electrons. The van der Waals surface area contributed by atoms with Crippen molar-refractivity contribution in [2.24, 2.45) is 0 Å². The van der Waals surface area contributed by atoms with Crippen LogP contribution in [-0.4, -0.2) is 38.0 Å². The summed E-state index contributed by atoms with van der Waals surface area (Å²) in [7, 11) is 0. The number of esters is 1. The van der Waals surface area contributed by atoms with E-state index in [0.29, 0.717) is 17.3 Å². The van der Waals surface area contributed by atoms with Crippen LogP contribution in [0.15, 0.2) is 42.7 Å². The number of hydrogen-bond acceptors (Lipinski definition) is 5. The quantitative estimate of drug-likeness (QED) is 0.614. The summed E-state index contributed by atoms with van der Waals surface area (Å²) in [5, 5.41) is 11.7. The lowest BCUT2D eigenvalue weighted by molar-refractivity contribution is -0.116. The summed E-state index contributed by atoms with van der Waals surface area (Å²) >= 11 is 5.99. The van der Waals surface area contributed by atoms with Crippen molar-refractivity contribution in [3.63, 3.8) is 0 Å². The SMILES string of the molecule is CCOC(=O)c1cnn(-c2ccccc2)c1NC(=O)CCn1ncc(Cl)c1C. The lowest BCUT2D eigenvalue weighted by atomic mass is 10.3. The number of benzene rings is 1. The number of nitrogens with zero attached hydrogens (tertiary/aromatic N) is 4. The summed E-state index contributed by atoms with van der Waals surface area (Å²) in [6.45, 7) is 4.13. The fourth-order valence-electron chi connectivity index (χ4n) is 2.64. The van der Waals surface area contributed by atoms with Crippen LogP contribution in [0.5, 0.6) is 0 Å². The first-order valence-electron chi connectivity index (χ1n) is 8.79. The highest BCUT2D eigenvalue weighted by Gasteiger charge is 2.21. The zero-order chi connectivity index (χ0) is 20.1. The Morgan fingerprint density at radius 2 is 1.93 bits per heavy atom. The van der Waals surface area contributed by atoms with Crippen LogP contribution < -0.4 is 5.32 Å². The highest BCUT2D eigenvalue weighted by atomic mass is 35.5. The molecular weight excluding hydrogens is 382 g/mol. The third kappa shape index (κ3) is 4.23. The van der Waals surface area contributed by atoms with Crippen molar-refractivity contribution >= 4 is 29.3 Å². The Morgan fingerprint density at radius 1 is 1.18 bits per heavy atom. The molecule has 1 aromatic carbocycles. The molecule has 0 bridgehead atoms. The van der Waals surface area contributed by atoms with Gasteiger partial charge in [-0.15, -0.1) is 0 Å². The maximum atomic E-state index is 12.5. The average Bonchev–Trinajstić information content (AvgIpc) is 3.25. The fourth-order valence-corrected chi connectivity index (χ4v) is 2.78. The molecule has 3 aromatic rings. The van der Waals surface area contributed by atoms with Gasteiger partial charge in [-0.1, -0.05) is 29.8 Å². The topological polar surface area (TPSA) is 91.0 Å². The Bertz CT molecular complexity index is 981. The van der Waals surface area contributed by atoms with Gasteiger partial charge in [0.05, 0.1) is 41.9 Å². The van der Waals surface area contributed by atoms with Crippen molar-refractivity contribution in [1.82, 2.24) is 19.6 Å². The Morgan fingerprint density at radius 3 is 2.57 bits per heavy atom. The first kappa shape index (κ1) is 19.6. The van der Waals surface area contributed by atoms with Gasteiger partial charge in [0.15, 0.2) is 5.82 Å². The highest BCUT2D eigenvalue weighted by molar-refractivity contribution is 6.31. The molecule has 8 nitrogen and oxygen atoms in total. The predicted molar refractivity (Wildman–Crippen MR) is 105 cm³/mol. The number of ether oxygens (including phenoxy) is 1. The summed E-state index contributed by atoms with van der Waals surface area (Å²) in [5.41, 5.74) is 1.69. The van der Waals surface area contributed by atoms with Gasteiger partial charge in [-0.25, -0.2) is 9.48 Å². The smallest absolute Gasteiger partial charge is 0.343 e. The number of carbonyl (C=O) groups is 2. The Hall–Kier alpha value is -3.13. The largest absolute Gasteiger partial charge is 0.462 e. The molecule has 2 aromatic heterocycles. The molecule has 0 unspecified atom stereocenters. The molecule has 0 aliphatic rings. The van der Waals surface area contributed by atoms with Crippen LogP contribution in [0.4, 0.5) is 5.82 Å². The lowest BCUT2D eigenvalue weighted by Gasteiger charge is -2.11. The molecular formula is C19H20ClN5O3. The van der Waals surface area contributed by atoms with Gasteiger partial charge in [0.1, 0.15) is 5.56 Å². The van der Waals surface area contributed by atoms with Crippen molar-refractivity contribution in [3.05, 3.63) is 59.0 Å². The van der Waals surface area contributed by atoms with Crippen molar-refractivity contribution in [2.45, 2.75) is 26.8 Å². The van der Waals surface area contributed by atoms with E-state index in [-0.39, 0.29) is 30.3 Å². The van der Waals surface area contributed by atoms with Gasteiger partial charge < -0.3 is 10.1 Å². The van der Waals surface area contributed by atoms with Gasteiger partial charge in [-0.2, -0.15) is 10.2 Å². The first-order chi connectivity index (χ1) is 13.5. The lowest BCUT2D eigenvalue weighted by Crippen LogP contribution is -2.20. The monoisotopic (exact) mass is 401 g/mol. The van der Waals surface area contributed by atoms with Gasteiger partial charge >= 0.3 is 5.97 Å². The number of hydrogen-bond donors (Lipinski definition) is 1. The molecule has 1 N–H and O–H groups in total. The minimum atomic E-state index is -0.547. The molecule has 9 heteroatoms. The number of para-hydroxylation sites is 1. The van der Waals surface area contributed by atoms with Crippen molar-refractivity contribution in [2.75, 3.05) is 11.9 Å². The molecule has 0 spiro atoms. The molecule has 0 aliphatic carbocycles. The zero-order valence-electron chi connectivity index (χ0n) is 15.6. The summed E-state index contributed by atoms with van der Waals surface area (Å²) in [6, 6.07) is 9.21. The van der Waals surface area contributed by atoms with E-state index in [1.165, 1.54) is 17.1 Å². The van der Waals surface area contributed by atoms with Crippen LogP contribution in [0.2, 0.25) is 5.02 Å². The maximum Gasteiger partial charge on any atom is 0.343 e. The van der Waals surface area contributed by atoms with Crippen molar-refractivity contribution in [1.29, 1.82) is 0 Å². The minimum absolute atomic E-state index is 0.154. The third-order valence-electron chi connectivity index (χ3n) is 4.12. The van der Waals surface area contributed by atoms with Gasteiger partial charge in [-0.05, 0) is 26.0 Å². The Kier molecular flexibility index (Phi) is 6.10. The second kappa shape index (κ2) is 8.71. The van der Waals surface area contributed by atoms with Gasteiger partial charge in [-0.3, -0.25) is 9.48 Å². The first-order valence-corrected chi connectivity index (χ1v) is 9.17. The molecule has 0 atom stereocenters. The Labute approximate surface area is 167 Å². The van der Waals surface area contributed by atoms with Crippen LogP contribution in [0.25, 0.3) is 5.69 Å². The van der Waals surface area contributed by atoms with E-state index >= 15 is 0 Å². The van der Waals surface area contributed by atoms with Crippen LogP contribution >= 0.6 is 11.6 Å². The van der Waals surface area contributed by atoms with Gasteiger partial charge in [0, 0.05) is 6.42 Å². The number of aromatic nitrogens is 4. The Balaban J connectivity index is 1.82. The van der Waals surface area contributed by atoms with Crippen LogP contribution in [0.3, 0.4) is 0 Å². The third-order valence-corrected chi connectivity index (χ3v) is 4.49. The van der Waals surface area contributed by atoms with Crippen molar-refractivity contribution < 1.29 is 14.3 Å². The number of carbonyl (C=O) groups excluding carboxylic acids is 2. The van der Waals surface area contributed by atoms with Crippen molar-refractivity contribution in [3.8, 4) is 5.69 Å². The minimum Gasteiger partial charge on any atom is -0.462 e. The van der Waals surface area contributed by atoms with Crippen LogP contribution in [-0.2, 0) is 16.1 Å². The highest BCUT2D eigenvalue weighted by Crippen LogP contribution is 2.22. The number of amides is 1. The van der Waals surface area contributed by atoms with Gasteiger partial charge in [0.25, 0.3) is 0 Å². The molecule has 146 valence electrons. The summed E-state index contributed by atoms with van der Waals surface area (Å²) in [5.74, 6) is -0.561. The molecule has 0 aliphatic heterocycles. The normalized spacial score (nSPS) is 10.7. The second-order valence-corrected chi connectivity index (χ2v) is 6.38. The number of aryl methyl sites for hydroxylation is 1. The molecule has 3 rings (SSSR count). The number of nitrogens with one attached hydrogen (secondary N) is 1. The molecule has 0 saturated heterocycles. The van der Waals surface area contributed by atoms with Crippen LogP contribution in [0, 0.1) is 6.92 Å². The molecule has 2 heterocycles. The molecule has 1 amide bonds. The average molecular weight is 402 g/mol. The van der Waals surface area contributed by atoms with E-state index in [9.17, 15) is 9.59 Å². The number of rotatable bonds is 7. The number of halogens is 1. The van der Waals surface area contributed by atoms with E-state index in [0.717, 1.165) is 5.69 Å². The summed E-state index contributed by atoms with van der Waals surface area (Å²) in [4.78, 5) is 24.8. The molecule has 0 fully saturated rings.